The highest BCUT2D eigenvalue weighted by atomic mass is 16.2. The van der Waals surface area contributed by atoms with Crippen LogP contribution in [-0.4, -0.2) is 15.8 Å². The highest BCUT2D eigenvalue weighted by Gasteiger charge is 2.21. The van der Waals surface area contributed by atoms with Crippen molar-refractivity contribution in [1.29, 1.82) is 0 Å². The lowest BCUT2D eigenvalue weighted by Gasteiger charge is -2.14. The highest BCUT2D eigenvalue weighted by molar-refractivity contribution is 6.00. The summed E-state index contributed by atoms with van der Waals surface area (Å²) in [6, 6.07) is 17.4. The number of aryl methyl sites for hydroxylation is 2. The zero-order valence-corrected chi connectivity index (χ0v) is 16.5. The van der Waals surface area contributed by atoms with Crippen LogP contribution in [0, 0.1) is 13.8 Å². The molecule has 0 saturated heterocycles. The average molecular weight is 362 g/mol. The van der Waals surface area contributed by atoms with E-state index in [4.69, 9.17) is 5.10 Å². The fourth-order valence-corrected chi connectivity index (χ4v) is 2.88. The van der Waals surface area contributed by atoms with Gasteiger partial charge in [0, 0.05) is 17.2 Å². The maximum absolute atomic E-state index is 12.7. The summed E-state index contributed by atoms with van der Waals surface area (Å²) < 4.78 is 1.77. The van der Waals surface area contributed by atoms with Crippen molar-refractivity contribution in [3.05, 3.63) is 71.4 Å². The molecule has 2 amide bonds. The molecule has 1 aromatic heterocycles. The largest absolute Gasteiger partial charge is 0.324 e. The van der Waals surface area contributed by atoms with Gasteiger partial charge in [-0.2, -0.15) is 5.10 Å². The van der Waals surface area contributed by atoms with E-state index in [-0.39, 0.29) is 11.4 Å². The van der Waals surface area contributed by atoms with Gasteiger partial charge in [-0.1, -0.05) is 57.2 Å². The number of carbonyl (C=O) groups excluding carboxylic acids is 1. The van der Waals surface area contributed by atoms with Crippen LogP contribution in [0.4, 0.5) is 16.3 Å². The van der Waals surface area contributed by atoms with Crippen molar-refractivity contribution in [2.75, 3.05) is 10.6 Å². The van der Waals surface area contributed by atoms with E-state index in [1.165, 1.54) is 0 Å². The van der Waals surface area contributed by atoms with Crippen LogP contribution in [0.25, 0.3) is 5.69 Å². The van der Waals surface area contributed by atoms with Gasteiger partial charge in [0.15, 0.2) is 0 Å². The van der Waals surface area contributed by atoms with Crippen LogP contribution < -0.4 is 10.6 Å². The molecule has 0 bridgehead atoms. The quantitative estimate of drug-likeness (QED) is 0.652. The van der Waals surface area contributed by atoms with Crippen molar-refractivity contribution < 1.29 is 4.79 Å². The molecular formula is C22H26N4O. The van der Waals surface area contributed by atoms with Crippen molar-refractivity contribution in [3.63, 3.8) is 0 Å². The van der Waals surface area contributed by atoms with Crippen molar-refractivity contribution in [3.8, 4) is 5.69 Å². The van der Waals surface area contributed by atoms with Gasteiger partial charge in [-0.05, 0) is 37.1 Å². The molecule has 3 rings (SSSR count). The summed E-state index contributed by atoms with van der Waals surface area (Å²) in [5.74, 6) is 0.634. The molecule has 0 saturated carbocycles. The molecule has 0 spiro atoms. The topological polar surface area (TPSA) is 59.0 Å². The smallest absolute Gasteiger partial charge is 0.307 e. The van der Waals surface area contributed by atoms with Crippen LogP contribution in [0.1, 0.15) is 37.6 Å². The molecule has 1 heterocycles. The van der Waals surface area contributed by atoms with Crippen LogP contribution in [0.2, 0.25) is 0 Å². The maximum Gasteiger partial charge on any atom is 0.324 e. The van der Waals surface area contributed by atoms with E-state index in [9.17, 15) is 4.79 Å². The Balaban J connectivity index is 1.91. The Morgan fingerprint density at radius 3 is 2.15 bits per heavy atom. The molecule has 140 valence electrons. The van der Waals surface area contributed by atoms with E-state index in [1.54, 1.807) is 4.68 Å². The molecule has 0 unspecified atom stereocenters. The van der Waals surface area contributed by atoms with Gasteiger partial charge in [0.25, 0.3) is 0 Å². The van der Waals surface area contributed by atoms with Gasteiger partial charge >= 0.3 is 6.03 Å². The zero-order chi connectivity index (χ0) is 19.6. The number of urea groups is 1. The summed E-state index contributed by atoms with van der Waals surface area (Å²) in [7, 11) is 0. The molecular weight excluding hydrogens is 336 g/mol. The number of nitrogens with one attached hydrogen (secondary N) is 2. The summed E-state index contributed by atoms with van der Waals surface area (Å²) in [6.45, 7) is 10.3. The number of carbonyl (C=O) groups is 1. The van der Waals surface area contributed by atoms with Crippen LogP contribution in [0.15, 0.2) is 54.6 Å². The van der Waals surface area contributed by atoms with E-state index in [1.807, 2.05) is 68.4 Å². The first-order valence-corrected chi connectivity index (χ1v) is 9.06. The van der Waals surface area contributed by atoms with E-state index in [2.05, 4.69) is 31.4 Å². The number of aromatic nitrogens is 2. The summed E-state index contributed by atoms with van der Waals surface area (Å²) in [5.41, 5.74) is 4.56. The number of hydrogen-bond donors (Lipinski definition) is 2. The Morgan fingerprint density at radius 2 is 1.56 bits per heavy atom. The minimum absolute atomic E-state index is 0.125. The minimum atomic E-state index is -0.287. The van der Waals surface area contributed by atoms with Gasteiger partial charge in [-0.15, -0.1) is 0 Å². The van der Waals surface area contributed by atoms with Crippen LogP contribution >= 0.6 is 0 Å². The first kappa shape index (κ1) is 18.7. The first-order valence-electron chi connectivity index (χ1n) is 9.06. The minimum Gasteiger partial charge on any atom is -0.307 e. The zero-order valence-electron chi connectivity index (χ0n) is 16.5. The Labute approximate surface area is 160 Å². The van der Waals surface area contributed by atoms with Gasteiger partial charge in [0.2, 0.25) is 0 Å². The predicted molar refractivity (Wildman–Crippen MR) is 111 cm³/mol. The van der Waals surface area contributed by atoms with Gasteiger partial charge in [0.1, 0.15) is 5.82 Å². The number of hydrogen-bond acceptors (Lipinski definition) is 2. The number of amides is 2. The lowest BCUT2D eigenvalue weighted by Crippen LogP contribution is -2.22. The molecule has 27 heavy (non-hydrogen) atoms. The second kappa shape index (κ2) is 7.27. The van der Waals surface area contributed by atoms with Gasteiger partial charge in [-0.25, -0.2) is 9.48 Å². The van der Waals surface area contributed by atoms with E-state index < -0.39 is 0 Å². The molecule has 5 nitrogen and oxygen atoms in total. The molecule has 0 aliphatic heterocycles. The fourth-order valence-electron chi connectivity index (χ4n) is 2.88. The summed E-state index contributed by atoms with van der Waals surface area (Å²) >= 11 is 0. The summed E-state index contributed by atoms with van der Waals surface area (Å²) in [6.07, 6.45) is 0. The normalized spacial score (nSPS) is 11.3. The van der Waals surface area contributed by atoms with E-state index in [0.29, 0.717) is 5.82 Å². The Morgan fingerprint density at radius 1 is 0.926 bits per heavy atom. The molecule has 2 aromatic carbocycles. The highest BCUT2D eigenvalue weighted by Crippen LogP contribution is 2.27. The third-order valence-electron chi connectivity index (χ3n) is 4.44. The number of rotatable bonds is 3. The van der Waals surface area contributed by atoms with Crippen LogP contribution in [0.5, 0.6) is 0 Å². The molecule has 0 atom stereocenters. The molecule has 3 aromatic rings. The molecule has 0 aliphatic carbocycles. The number of anilines is 2. The monoisotopic (exact) mass is 362 g/mol. The number of benzene rings is 2. The lowest BCUT2D eigenvalue weighted by molar-refractivity contribution is 0.262. The Hall–Kier alpha value is -3.08. The molecule has 0 fully saturated rings. The predicted octanol–water partition coefficient (Wildman–Crippen LogP) is 5.43. The standard InChI is InChI=1S/C22H26N4O/c1-15-10-9-11-16(2)20(15)24-21(27)23-19-14-18(22(3,4)5)25-26(19)17-12-7-6-8-13-17/h6-14H,1-5H3,(H2,23,24,27). The van der Waals surface area contributed by atoms with Gasteiger partial charge in [-0.3, -0.25) is 5.32 Å². The average Bonchev–Trinajstić information content (AvgIpc) is 3.03. The molecule has 2 N–H and O–H groups in total. The van der Waals surface area contributed by atoms with Crippen LogP contribution in [0.3, 0.4) is 0 Å². The lowest BCUT2D eigenvalue weighted by atomic mass is 9.92. The molecule has 5 heteroatoms. The van der Waals surface area contributed by atoms with E-state index >= 15 is 0 Å². The second-order valence-electron chi connectivity index (χ2n) is 7.76. The van der Waals surface area contributed by atoms with E-state index in [0.717, 1.165) is 28.2 Å². The number of nitrogens with zero attached hydrogens (tertiary/aromatic N) is 2. The van der Waals surface area contributed by atoms with Crippen molar-refractivity contribution in [1.82, 2.24) is 9.78 Å². The summed E-state index contributed by atoms with van der Waals surface area (Å²) in [5, 5.41) is 10.6. The third kappa shape index (κ3) is 4.19. The Bertz CT molecular complexity index is 932. The maximum atomic E-state index is 12.7. The van der Waals surface area contributed by atoms with Crippen molar-refractivity contribution in [2.45, 2.75) is 40.0 Å². The Kier molecular flexibility index (Phi) is 5.04. The van der Waals surface area contributed by atoms with Gasteiger partial charge < -0.3 is 5.32 Å². The summed E-state index contributed by atoms with van der Waals surface area (Å²) in [4.78, 5) is 12.7. The van der Waals surface area contributed by atoms with Crippen LogP contribution in [-0.2, 0) is 5.41 Å². The van der Waals surface area contributed by atoms with Crippen molar-refractivity contribution >= 4 is 17.5 Å². The van der Waals surface area contributed by atoms with Crippen molar-refractivity contribution in [2.24, 2.45) is 0 Å². The fraction of sp³-hybridized carbons (Fsp3) is 0.273. The first-order chi connectivity index (χ1) is 12.8. The molecule has 0 aliphatic rings. The SMILES string of the molecule is Cc1cccc(C)c1NC(=O)Nc1cc(C(C)(C)C)nn1-c1ccccc1. The second-order valence-corrected chi connectivity index (χ2v) is 7.76. The third-order valence-corrected chi connectivity index (χ3v) is 4.44. The molecule has 0 radical (unpaired) electrons. The number of para-hydroxylation sites is 2. The van der Waals surface area contributed by atoms with Gasteiger partial charge in [0.05, 0.1) is 11.4 Å².